The Labute approximate surface area is 262 Å². The maximum absolute atomic E-state index is 6.64. The van der Waals surface area contributed by atoms with Crippen molar-refractivity contribution < 1.29 is 0 Å². The van der Waals surface area contributed by atoms with Crippen LogP contribution in [0.3, 0.4) is 0 Å². The summed E-state index contributed by atoms with van der Waals surface area (Å²) in [6.07, 6.45) is 0. The quantitative estimate of drug-likeness (QED) is 0.270. The first kappa shape index (κ1) is 27.6. The molecule has 6 aromatic rings. The highest BCUT2D eigenvalue weighted by Gasteiger charge is 2.46. The van der Waals surface area contributed by atoms with E-state index in [0.717, 1.165) is 11.1 Å². The molecule has 9 heteroatoms. The number of fused-ring (bicyclic) bond motifs is 3. The molecule has 1 aromatic heterocycles. The molecular weight excluding hydrogens is 540 g/mol. The summed E-state index contributed by atoms with van der Waals surface area (Å²) >= 11 is 6.64. The molecule has 0 aliphatic heterocycles. The van der Waals surface area contributed by atoms with Gasteiger partial charge in [0.1, 0.15) is 39.2 Å². The summed E-state index contributed by atoms with van der Waals surface area (Å²) in [7, 11) is 10.8. The molecular formula is C34H27B5ClN3. The lowest BCUT2D eigenvalue weighted by molar-refractivity contribution is 0.768. The van der Waals surface area contributed by atoms with Gasteiger partial charge in [0, 0.05) is 11.1 Å². The molecule has 0 bridgehead atoms. The van der Waals surface area contributed by atoms with Crippen molar-refractivity contribution in [3.63, 3.8) is 0 Å². The fourth-order valence-electron chi connectivity index (χ4n) is 7.01. The number of nitrogens with zero attached hydrogens (tertiary/aromatic N) is 3. The topological polar surface area (TPSA) is 38.7 Å². The minimum Gasteiger partial charge on any atom is -0.208 e. The maximum atomic E-state index is 6.64. The molecule has 0 N–H and O–H groups in total. The van der Waals surface area contributed by atoms with E-state index in [2.05, 4.69) is 152 Å². The van der Waals surface area contributed by atoms with E-state index >= 15 is 0 Å². The van der Waals surface area contributed by atoms with E-state index in [-0.39, 0.29) is 5.28 Å². The second-order valence-corrected chi connectivity index (χ2v) is 11.9. The maximum Gasteiger partial charge on any atom is 0.226 e. The van der Waals surface area contributed by atoms with Gasteiger partial charge in [-0.3, -0.25) is 0 Å². The molecule has 0 unspecified atom stereocenters. The minimum atomic E-state index is -0.498. The van der Waals surface area contributed by atoms with Gasteiger partial charge in [0.05, 0.1) is 5.41 Å². The average molecular weight is 567 g/mol. The van der Waals surface area contributed by atoms with E-state index in [1.165, 1.54) is 60.7 Å². The predicted octanol–water partition coefficient (Wildman–Crippen LogP) is -0.486. The Balaban J connectivity index is 1.50. The summed E-state index contributed by atoms with van der Waals surface area (Å²) in [6, 6.07) is 36.9. The summed E-state index contributed by atoms with van der Waals surface area (Å²) in [5.74, 6) is 1.18. The van der Waals surface area contributed by atoms with Crippen molar-refractivity contribution in [1.29, 1.82) is 0 Å². The Hall–Kier alpha value is -4.28. The predicted molar refractivity (Wildman–Crippen MR) is 194 cm³/mol. The highest BCUT2D eigenvalue weighted by atomic mass is 35.5. The van der Waals surface area contributed by atoms with Crippen LogP contribution in [0.15, 0.2) is 103 Å². The van der Waals surface area contributed by atoms with Crippen LogP contribution in [0.25, 0.3) is 33.9 Å². The molecule has 200 valence electrons. The zero-order valence-corrected chi connectivity index (χ0v) is 25.8. The molecule has 1 aliphatic rings. The van der Waals surface area contributed by atoms with Crippen LogP contribution in [0.2, 0.25) is 5.28 Å². The minimum absolute atomic E-state index is 0.191. The molecule has 0 fully saturated rings. The van der Waals surface area contributed by atoms with Crippen molar-refractivity contribution in [1.82, 2.24) is 15.0 Å². The van der Waals surface area contributed by atoms with E-state index in [1.54, 1.807) is 0 Å². The van der Waals surface area contributed by atoms with Crippen molar-refractivity contribution in [2.24, 2.45) is 0 Å². The first-order chi connectivity index (χ1) is 20.8. The molecule has 43 heavy (non-hydrogen) atoms. The number of halogens is 1. The van der Waals surface area contributed by atoms with Crippen LogP contribution in [0, 0.1) is 0 Å². The summed E-state index contributed by atoms with van der Waals surface area (Å²) in [5, 5.41) is 0.191. The van der Waals surface area contributed by atoms with Crippen LogP contribution < -0.4 is 27.3 Å². The third-order valence-electron chi connectivity index (χ3n) is 9.55. The number of benzene rings is 5. The van der Waals surface area contributed by atoms with Gasteiger partial charge < -0.3 is 0 Å². The van der Waals surface area contributed by atoms with Crippen molar-refractivity contribution in [2.45, 2.75) is 5.41 Å². The third-order valence-corrected chi connectivity index (χ3v) is 9.72. The van der Waals surface area contributed by atoms with E-state index in [0.29, 0.717) is 11.6 Å². The van der Waals surface area contributed by atoms with Crippen LogP contribution in [0.1, 0.15) is 22.3 Å². The Bertz CT molecular complexity index is 1980. The van der Waals surface area contributed by atoms with E-state index in [4.69, 9.17) is 16.6 Å². The van der Waals surface area contributed by atoms with Gasteiger partial charge in [0.2, 0.25) is 5.28 Å². The van der Waals surface area contributed by atoms with Gasteiger partial charge in [0.15, 0.2) is 11.6 Å². The lowest BCUT2D eigenvalue weighted by Crippen LogP contribution is -2.55. The Morgan fingerprint density at radius 1 is 0.488 bits per heavy atom. The van der Waals surface area contributed by atoms with Gasteiger partial charge >= 0.3 is 0 Å². The molecule has 7 rings (SSSR count). The van der Waals surface area contributed by atoms with Crippen molar-refractivity contribution >= 4 is 78.1 Å². The lowest BCUT2D eigenvalue weighted by Gasteiger charge is -2.34. The number of aromatic nitrogens is 3. The molecule has 1 aliphatic carbocycles. The second-order valence-electron chi connectivity index (χ2n) is 11.5. The number of hydrogen-bond donors (Lipinski definition) is 0. The van der Waals surface area contributed by atoms with Gasteiger partial charge in [-0.15, -0.1) is 16.4 Å². The Morgan fingerprint density at radius 3 is 1.63 bits per heavy atom. The highest BCUT2D eigenvalue weighted by Crippen LogP contribution is 2.56. The van der Waals surface area contributed by atoms with Gasteiger partial charge in [-0.1, -0.05) is 108 Å². The summed E-state index contributed by atoms with van der Waals surface area (Å²) in [5.41, 5.74) is 14.9. The average Bonchev–Trinajstić information content (AvgIpc) is 3.34. The number of rotatable bonds is 4. The fourth-order valence-corrected chi connectivity index (χ4v) is 7.17. The van der Waals surface area contributed by atoms with Crippen LogP contribution in [-0.4, -0.2) is 54.2 Å². The molecule has 5 aromatic carbocycles. The first-order valence-corrected chi connectivity index (χ1v) is 15.0. The Kier molecular flexibility index (Phi) is 6.71. The van der Waals surface area contributed by atoms with E-state index in [1.807, 2.05) is 0 Å². The number of hydrogen-bond acceptors (Lipinski definition) is 3. The van der Waals surface area contributed by atoms with Crippen molar-refractivity contribution in [3.8, 4) is 33.9 Å². The fraction of sp³-hybridized carbons (Fsp3) is 0.0294. The van der Waals surface area contributed by atoms with Crippen LogP contribution in [0.5, 0.6) is 0 Å². The molecule has 0 radical (unpaired) electrons. The zero-order valence-electron chi connectivity index (χ0n) is 25.0. The van der Waals surface area contributed by atoms with Gasteiger partial charge in [-0.25, -0.2) is 4.98 Å². The van der Waals surface area contributed by atoms with Crippen molar-refractivity contribution in [2.75, 3.05) is 0 Å². The summed E-state index contributed by atoms with van der Waals surface area (Å²) in [4.78, 5) is 14.4. The molecule has 0 spiro atoms. The van der Waals surface area contributed by atoms with E-state index in [9.17, 15) is 0 Å². The standard InChI is InChI=1S/C34H27B5ClN3/c35-26-25(27(36)29(38)30(39)28(26)37)32-41-31(42-33(40)43-32)18-15-16-22-21-13-7-8-14-23(21)34(24(22)17-18,19-9-3-1-4-10-19)20-11-5-2-6-12-20/h1-17H,35-39H2. The smallest absolute Gasteiger partial charge is 0.208 e. The molecule has 0 amide bonds. The molecule has 1 heterocycles. The summed E-state index contributed by atoms with van der Waals surface area (Å²) in [6.45, 7) is 0. The largest absolute Gasteiger partial charge is 0.226 e. The van der Waals surface area contributed by atoms with E-state index < -0.39 is 5.41 Å². The van der Waals surface area contributed by atoms with Gasteiger partial charge in [-0.2, -0.15) is 9.97 Å². The molecule has 0 saturated carbocycles. The third kappa shape index (κ3) is 4.15. The SMILES string of the molecule is Bc1c(B)c(B)c(-c2nc(Cl)nc(-c3ccc4c(c3)C(c3ccccc3)(c3ccccc3)c3ccccc3-4)n2)c(B)c1B. The van der Waals surface area contributed by atoms with Gasteiger partial charge in [0.25, 0.3) is 0 Å². The normalized spacial score (nSPS) is 13.0. The summed E-state index contributed by atoms with van der Waals surface area (Å²) < 4.78 is 0. The van der Waals surface area contributed by atoms with Crippen LogP contribution >= 0.6 is 11.6 Å². The monoisotopic (exact) mass is 567 g/mol. The van der Waals surface area contributed by atoms with Crippen molar-refractivity contribution in [3.05, 3.63) is 131 Å². The van der Waals surface area contributed by atoms with Crippen LogP contribution in [0.4, 0.5) is 0 Å². The van der Waals surface area contributed by atoms with Gasteiger partial charge in [-0.05, 0) is 51.0 Å². The highest BCUT2D eigenvalue weighted by molar-refractivity contribution is 6.68. The second kappa shape index (κ2) is 10.5. The molecule has 3 nitrogen and oxygen atoms in total. The Morgan fingerprint density at radius 2 is 1.00 bits per heavy atom. The lowest BCUT2D eigenvalue weighted by atomic mass is 9.60. The first-order valence-electron chi connectivity index (χ1n) is 14.7. The van der Waals surface area contributed by atoms with Crippen LogP contribution in [-0.2, 0) is 5.41 Å². The molecule has 0 atom stereocenters. The molecule has 0 saturated heterocycles. The zero-order chi connectivity index (χ0) is 29.9.